The van der Waals surface area contributed by atoms with Gasteiger partial charge in [-0.25, -0.2) is 4.79 Å². The van der Waals surface area contributed by atoms with Crippen LogP contribution in [0, 0.1) is 0 Å². The van der Waals surface area contributed by atoms with Crippen LogP contribution in [0.15, 0.2) is 24.3 Å². The van der Waals surface area contributed by atoms with E-state index < -0.39 is 0 Å². The third kappa shape index (κ3) is 3.55. The number of nitrogens with one attached hydrogen (secondary N) is 1. The number of thioether (sulfide) groups is 1. The van der Waals surface area contributed by atoms with Crippen LogP contribution >= 0.6 is 11.8 Å². The molecule has 0 aliphatic carbocycles. The monoisotopic (exact) mass is 335 g/mol. The maximum atomic E-state index is 12.3. The van der Waals surface area contributed by atoms with Crippen LogP contribution in [0.1, 0.15) is 6.42 Å². The number of urea groups is 1. The minimum Gasteiger partial charge on any atom is -0.495 e. The molecule has 1 N–H and O–H groups in total. The lowest BCUT2D eigenvalue weighted by Crippen LogP contribution is -2.48. The summed E-state index contributed by atoms with van der Waals surface area (Å²) in [4.78, 5) is 28.1. The van der Waals surface area contributed by atoms with Crippen LogP contribution in [0.2, 0.25) is 0 Å². The molecule has 0 aromatic heterocycles. The Morgan fingerprint density at radius 1 is 1.30 bits per heavy atom. The van der Waals surface area contributed by atoms with E-state index in [-0.39, 0.29) is 18.0 Å². The van der Waals surface area contributed by atoms with Crippen LogP contribution < -0.4 is 15.0 Å². The predicted octanol–water partition coefficient (Wildman–Crippen LogP) is 1.56. The van der Waals surface area contributed by atoms with Crippen LogP contribution in [0.5, 0.6) is 5.75 Å². The van der Waals surface area contributed by atoms with E-state index in [4.69, 9.17) is 4.74 Å². The predicted molar refractivity (Wildman–Crippen MR) is 91.2 cm³/mol. The normalized spacial score (nSPS) is 21.4. The molecule has 6 nitrogen and oxygen atoms in total. The smallest absolute Gasteiger partial charge is 0.317 e. The first-order valence-electron chi connectivity index (χ1n) is 7.75. The van der Waals surface area contributed by atoms with Crippen molar-refractivity contribution >= 4 is 29.4 Å². The first-order chi connectivity index (χ1) is 11.2. The molecule has 2 saturated heterocycles. The lowest BCUT2D eigenvalue weighted by molar-refractivity contribution is -0.117. The minimum atomic E-state index is -0.158. The largest absolute Gasteiger partial charge is 0.495 e. The van der Waals surface area contributed by atoms with Gasteiger partial charge in [-0.15, -0.1) is 0 Å². The summed E-state index contributed by atoms with van der Waals surface area (Å²) >= 11 is 1.86. The van der Waals surface area contributed by atoms with Gasteiger partial charge in [-0.05, 0) is 12.1 Å². The van der Waals surface area contributed by atoms with Gasteiger partial charge in [-0.1, -0.05) is 12.1 Å². The average Bonchev–Trinajstić information content (AvgIpc) is 2.95. The molecule has 2 heterocycles. The van der Waals surface area contributed by atoms with E-state index in [2.05, 4.69) is 5.32 Å². The van der Waals surface area contributed by atoms with Gasteiger partial charge in [0.15, 0.2) is 0 Å². The van der Waals surface area contributed by atoms with E-state index in [1.54, 1.807) is 12.0 Å². The zero-order valence-electron chi connectivity index (χ0n) is 13.2. The topological polar surface area (TPSA) is 61.9 Å². The van der Waals surface area contributed by atoms with Gasteiger partial charge in [0.25, 0.3) is 0 Å². The van der Waals surface area contributed by atoms with Crippen LogP contribution in [0.4, 0.5) is 10.5 Å². The van der Waals surface area contributed by atoms with Gasteiger partial charge in [0.2, 0.25) is 5.91 Å². The van der Waals surface area contributed by atoms with Crippen LogP contribution in [0.3, 0.4) is 0 Å². The molecule has 3 amide bonds. The quantitative estimate of drug-likeness (QED) is 0.911. The Morgan fingerprint density at radius 3 is 2.78 bits per heavy atom. The second kappa shape index (κ2) is 7.12. The van der Waals surface area contributed by atoms with Crippen molar-refractivity contribution in [3.8, 4) is 5.75 Å². The fourth-order valence-corrected chi connectivity index (χ4v) is 3.83. The summed E-state index contributed by atoms with van der Waals surface area (Å²) in [6, 6.07) is 7.22. The molecule has 3 rings (SSSR count). The number of benzene rings is 1. The van der Waals surface area contributed by atoms with Crippen molar-refractivity contribution in [2.45, 2.75) is 12.5 Å². The molecule has 2 aliphatic heterocycles. The van der Waals surface area contributed by atoms with Crippen molar-refractivity contribution in [1.82, 2.24) is 10.2 Å². The SMILES string of the molecule is COc1ccccc1N1CC(NC(=O)N2CCSCC2)CC1=O. The molecule has 7 heteroatoms. The van der Waals surface area contributed by atoms with E-state index >= 15 is 0 Å². The molecule has 0 radical (unpaired) electrons. The maximum Gasteiger partial charge on any atom is 0.317 e. The summed E-state index contributed by atoms with van der Waals surface area (Å²) in [7, 11) is 1.59. The molecule has 1 atom stereocenters. The number of carbonyl (C=O) groups excluding carboxylic acids is 2. The number of rotatable bonds is 3. The third-order valence-corrected chi connectivity index (χ3v) is 5.07. The minimum absolute atomic E-state index is 0.00833. The molecule has 23 heavy (non-hydrogen) atoms. The van der Waals surface area contributed by atoms with Gasteiger partial charge in [0.1, 0.15) is 5.75 Å². The number of carbonyl (C=O) groups is 2. The van der Waals surface area contributed by atoms with Crippen molar-refractivity contribution in [3.63, 3.8) is 0 Å². The van der Waals surface area contributed by atoms with Crippen LogP contribution in [-0.4, -0.2) is 61.1 Å². The van der Waals surface area contributed by atoms with Gasteiger partial charge in [-0.2, -0.15) is 11.8 Å². The van der Waals surface area contributed by atoms with E-state index in [0.29, 0.717) is 18.7 Å². The molecule has 0 bridgehead atoms. The standard InChI is InChI=1S/C16H21N3O3S/c1-22-14-5-3-2-4-13(14)19-11-12(10-15(19)20)17-16(21)18-6-8-23-9-7-18/h2-5,12H,6-11H2,1H3,(H,17,21). The number of methoxy groups -OCH3 is 1. The third-order valence-electron chi connectivity index (χ3n) is 4.13. The molecular weight excluding hydrogens is 314 g/mol. The maximum absolute atomic E-state index is 12.3. The number of ether oxygens (including phenoxy) is 1. The summed E-state index contributed by atoms with van der Waals surface area (Å²) in [6.07, 6.45) is 0.326. The number of nitrogens with zero attached hydrogens (tertiary/aromatic N) is 2. The Balaban J connectivity index is 1.64. The number of amides is 3. The molecule has 1 aromatic rings. The molecule has 2 fully saturated rings. The van der Waals surface area contributed by atoms with Crippen molar-refractivity contribution < 1.29 is 14.3 Å². The highest BCUT2D eigenvalue weighted by molar-refractivity contribution is 7.99. The van der Waals surface area contributed by atoms with Crippen molar-refractivity contribution in [2.24, 2.45) is 0 Å². The van der Waals surface area contributed by atoms with Crippen molar-refractivity contribution in [2.75, 3.05) is 43.1 Å². The molecule has 1 aromatic carbocycles. The fraction of sp³-hybridized carbons (Fsp3) is 0.500. The van der Waals surface area contributed by atoms with Gasteiger partial charge >= 0.3 is 6.03 Å². The Bertz CT molecular complexity index is 590. The highest BCUT2D eigenvalue weighted by Crippen LogP contribution is 2.31. The number of hydrogen-bond acceptors (Lipinski definition) is 4. The second-order valence-electron chi connectivity index (χ2n) is 5.63. The summed E-state index contributed by atoms with van der Waals surface area (Å²) < 4.78 is 5.33. The van der Waals surface area contributed by atoms with Crippen LogP contribution in [-0.2, 0) is 4.79 Å². The zero-order chi connectivity index (χ0) is 16.2. The Kier molecular flexibility index (Phi) is 4.95. The number of para-hydroxylation sites is 2. The Labute approximate surface area is 140 Å². The highest BCUT2D eigenvalue weighted by atomic mass is 32.2. The summed E-state index contributed by atoms with van der Waals surface area (Å²) in [5.74, 6) is 2.63. The first-order valence-corrected chi connectivity index (χ1v) is 8.91. The Morgan fingerprint density at radius 2 is 2.04 bits per heavy atom. The van der Waals surface area contributed by atoms with Gasteiger partial charge in [0, 0.05) is 37.6 Å². The lowest BCUT2D eigenvalue weighted by atomic mass is 10.2. The first kappa shape index (κ1) is 16.0. The second-order valence-corrected chi connectivity index (χ2v) is 6.85. The molecule has 0 spiro atoms. The molecule has 2 aliphatic rings. The highest BCUT2D eigenvalue weighted by Gasteiger charge is 2.33. The molecule has 0 saturated carbocycles. The average molecular weight is 335 g/mol. The number of hydrogen-bond donors (Lipinski definition) is 1. The number of anilines is 1. The van der Waals surface area contributed by atoms with E-state index in [0.717, 1.165) is 30.3 Å². The van der Waals surface area contributed by atoms with Gasteiger partial charge in [0.05, 0.1) is 18.8 Å². The zero-order valence-corrected chi connectivity index (χ0v) is 14.0. The lowest BCUT2D eigenvalue weighted by Gasteiger charge is -2.28. The molecule has 1 unspecified atom stereocenters. The van der Waals surface area contributed by atoms with Crippen molar-refractivity contribution in [3.05, 3.63) is 24.3 Å². The summed E-state index contributed by atoms with van der Waals surface area (Å²) in [5.41, 5.74) is 0.756. The summed E-state index contributed by atoms with van der Waals surface area (Å²) in [5, 5.41) is 2.99. The Hall–Kier alpha value is -1.89. The van der Waals surface area contributed by atoms with E-state index in [1.165, 1.54) is 0 Å². The van der Waals surface area contributed by atoms with Gasteiger partial charge in [-0.3, -0.25) is 4.79 Å². The molecular formula is C16H21N3O3S. The van der Waals surface area contributed by atoms with Crippen molar-refractivity contribution in [1.29, 1.82) is 0 Å². The molecule has 124 valence electrons. The summed E-state index contributed by atoms with van der Waals surface area (Å²) in [6.45, 7) is 2.02. The van der Waals surface area contributed by atoms with E-state index in [1.807, 2.05) is 40.9 Å². The van der Waals surface area contributed by atoms with E-state index in [9.17, 15) is 9.59 Å². The fourth-order valence-electron chi connectivity index (χ4n) is 2.92. The van der Waals surface area contributed by atoms with Gasteiger partial charge < -0.3 is 19.9 Å². The van der Waals surface area contributed by atoms with Crippen LogP contribution in [0.25, 0.3) is 0 Å².